The lowest BCUT2D eigenvalue weighted by Crippen LogP contribution is -2.47. The Morgan fingerprint density at radius 1 is 1.35 bits per heavy atom. The maximum Gasteiger partial charge on any atom is 0.248 e. The van der Waals surface area contributed by atoms with Crippen molar-refractivity contribution in [1.29, 1.82) is 0 Å². The van der Waals surface area contributed by atoms with Gasteiger partial charge in [0.15, 0.2) is 0 Å². The van der Waals surface area contributed by atoms with Crippen molar-refractivity contribution in [2.24, 2.45) is 0 Å². The number of ether oxygens (including phenoxy) is 2. The Kier molecular flexibility index (Phi) is 12.1. The molecule has 2 N–H and O–H groups in total. The maximum absolute atomic E-state index is 11.7. The van der Waals surface area contributed by atoms with Crippen LogP contribution in [0.15, 0.2) is 0 Å². The number of nitrogens with zero attached hydrogens (tertiary/aromatic N) is 1. The van der Waals surface area contributed by atoms with Crippen molar-refractivity contribution in [3.8, 4) is 0 Å². The summed E-state index contributed by atoms with van der Waals surface area (Å²) < 4.78 is 10.5. The van der Waals surface area contributed by atoms with Crippen LogP contribution in [0.1, 0.15) is 13.8 Å². The lowest BCUT2D eigenvalue weighted by Gasteiger charge is -2.27. The molecule has 0 aromatic heterocycles. The molecule has 1 rings (SSSR count). The fourth-order valence-electron chi connectivity index (χ4n) is 1.92. The smallest absolute Gasteiger partial charge is 0.248 e. The molecule has 1 heterocycles. The van der Waals surface area contributed by atoms with Gasteiger partial charge in [0.25, 0.3) is 0 Å². The van der Waals surface area contributed by atoms with Gasteiger partial charge in [-0.1, -0.05) is 0 Å². The third-order valence-corrected chi connectivity index (χ3v) is 3.11. The van der Waals surface area contributed by atoms with E-state index in [4.69, 9.17) is 9.47 Å². The minimum Gasteiger partial charge on any atom is -0.379 e. The molecule has 1 aliphatic rings. The van der Waals surface area contributed by atoms with Crippen LogP contribution in [-0.4, -0.2) is 76.0 Å². The number of amides is 1. The normalized spacial score (nSPS) is 17.3. The summed E-state index contributed by atoms with van der Waals surface area (Å²) in [5.74, 6) is -0.0494. The van der Waals surface area contributed by atoms with E-state index in [1.165, 1.54) is 0 Å². The summed E-state index contributed by atoms with van der Waals surface area (Å²) in [7, 11) is 0. The zero-order valence-corrected chi connectivity index (χ0v) is 13.3. The van der Waals surface area contributed by atoms with Gasteiger partial charge in [-0.15, -0.1) is 12.4 Å². The minimum atomic E-state index is -0.413. The number of nitrogens with one attached hydrogen (secondary N) is 2. The van der Waals surface area contributed by atoms with Crippen LogP contribution in [-0.2, 0) is 14.3 Å². The number of rotatable bonds is 9. The van der Waals surface area contributed by atoms with Crippen LogP contribution in [0, 0.1) is 0 Å². The van der Waals surface area contributed by atoms with Gasteiger partial charge in [-0.2, -0.15) is 0 Å². The fourth-order valence-corrected chi connectivity index (χ4v) is 1.92. The summed E-state index contributed by atoms with van der Waals surface area (Å²) >= 11 is 0. The van der Waals surface area contributed by atoms with Crippen molar-refractivity contribution in [1.82, 2.24) is 15.5 Å². The van der Waals surface area contributed by atoms with Gasteiger partial charge in [0, 0.05) is 45.9 Å². The Labute approximate surface area is 128 Å². The van der Waals surface area contributed by atoms with Crippen molar-refractivity contribution in [2.45, 2.75) is 20.0 Å². The molecule has 1 atom stereocenters. The maximum atomic E-state index is 11.7. The molecule has 0 aliphatic carbocycles. The summed E-state index contributed by atoms with van der Waals surface area (Å²) in [5.41, 5.74) is 0. The van der Waals surface area contributed by atoms with E-state index in [0.29, 0.717) is 26.4 Å². The van der Waals surface area contributed by atoms with Crippen LogP contribution >= 0.6 is 12.4 Å². The lowest BCUT2D eigenvalue weighted by atomic mass is 10.3. The Balaban J connectivity index is 0.00000361. The molecule has 0 aromatic rings. The van der Waals surface area contributed by atoms with Crippen LogP contribution in [0.2, 0.25) is 0 Å². The number of halogens is 1. The molecule has 0 saturated carbocycles. The molecule has 6 nitrogen and oxygen atoms in total. The summed E-state index contributed by atoms with van der Waals surface area (Å²) in [6.45, 7) is 11.1. The van der Waals surface area contributed by atoms with E-state index >= 15 is 0 Å². The van der Waals surface area contributed by atoms with Gasteiger partial charge in [0.1, 0.15) is 6.10 Å². The monoisotopic (exact) mass is 309 g/mol. The number of hydrogen-bond acceptors (Lipinski definition) is 5. The third-order valence-electron chi connectivity index (χ3n) is 3.11. The van der Waals surface area contributed by atoms with Crippen molar-refractivity contribution < 1.29 is 14.3 Å². The Morgan fingerprint density at radius 3 is 2.70 bits per heavy atom. The SMILES string of the molecule is CCOCCOC(C)C(=O)NCCN1CCNCC1.Cl. The van der Waals surface area contributed by atoms with Gasteiger partial charge in [-0.25, -0.2) is 0 Å². The van der Waals surface area contributed by atoms with E-state index in [1.807, 2.05) is 6.92 Å². The largest absolute Gasteiger partial charge is 0.379 e. The van der Waals surface area contributed by atoms with Crippen LogP contribution in [0.25, 0.3) is 0 Å². The summed E-state index contributed by atoms with van der Waals surface area (Å²) in [6.07, 6.45) is -0.413. The first-order chi connectivity index (χ1) is 9.24. The molecular weight excluding hydrogens is 282 g/mol. The van der Waals surface area contributed by atoms with Crippen molar-refractivity contribution >= 4 is 18.3 Å². The topological polar surface area (TPSA) is 62.8 Å². The van der Waals surface area contributed by atoms with E-state index in [-0.39, 0.29) is 18.3 Å². The van der Waals surface area contributed by atoms with E-state index in [9.17, 15) is 4.79 Å². The molecule has 1 amide bonds. The Morgan fingerprint density at radius 2 is 2.05 bits per heavy atom. The van der Waals surface area contributed by atoms with Gasteiger partial charge in [0.05, 0.1) is 13.2 Å². The highest BCUT2D eigenvalue weighted by molar-refractivity contribution is 5.85. The molecule has 1 aliphatic heterocycles. The molecule has 0 bridgehead atoms. The second kappa shape index (κ2) is 12.3. The van der Waals surface area contributed by atoms with Crippen LogP contribution < -0.4 is 10.6 Å². The van der Waals surface area contributed by atoms with Gasteiger partial charge in [-0.3, -0.25) is 9.69 Å². The zero-order chi connectivity index (χ0) is 13.9. The average molecular weight is 310 g/mol. The molecule has 120 valence electrons. The van der Waals surface area contributed by atoms with E-state index in [0.717, 1.165) is 32.7 Å². The standard InChI is InChI=1S/C13H27N3O3.ClH/c1-3-18-10-11-19-12(2)13(17)15-6-9-16-7-4-14-5-8-16;/h12,14H,3-11H2,1-2H3,(H,15,17);1H. The van der Waals surface area contributed by atoms with Crippen LogP contribution in [0.4, 0.5) is 0 Å². The van der Waals surface area contributed by atoms with Crippen molar-refractivity contribution in [2.75, 3.05) is 59.1 Å². The molecule has 0 radical (unpaired) electrons. The van der Waals surface area contributed by atoms with Crippen LogP contribution in [0.3, 0.4) is 0 Å². The molecular formula is C13H28ClN3O3. The first-order valence-electron chi connectivity index (χ1n) is 7.14. The van der Waals surface area contributed by atoms with E-state index in [1.54, 1.807) is 6.92 Å². The lowest BCUT2D eigenvalue weighted by molar-refractivity contribution is -0.132. The van der Waals surface area contributed by atoms with Gasteiger partial charge in [-0.05, 0) is 13.8 Å². The van der Waals surface area contributed by atoms with Crippen molar-refractivity contribution in [3.63, 3.8) is 0 Å². The van der Waals surface area contributed by atoms with Gasteiger partial charge in [0.2, 0.25) is 5.91 Å². The fraction of sp³-hybridized carbons (Fsp3) is 0.923. The van der Waals surface area contributed by atoms with E-state index < -0.39 is 6.10 Å². The number of carbonyl (C=O) groups is 1. The molecule has 1 saturated heterocycles. The second-order valence-corrected chi connectivity index (χ2v) is 4.59. The highest BCUT2D eigenvalue weighted by Crippen LogP contribution is 1.93. The minimum absolute atomic E-state index is 0. The van der Waals surface area contributed by atoms with Gasteiger partial charge >= 0.3 is 0 Å². The van der Waals surface area contributed by atoms with E-state index in [2.05, 4.69) is 15.5 Å². The predicted molar refractivity (Wildman–Crippen MR) is 81.5 cm³/mol. The average Bonchev–Trinajstić information content (AvgIpc) is 2.44. The summed E-state index contributed by atoms with van der Waals surface area (Å²) in [5, 5.41) is 6.21. The van der Waals surface area contributed by atoms with Crippen molar-refractivity contribution in [3.05, 3.63) is 0 Å². The predicted octanol–water partition coefficient (Wildman–Crippen LogP) is -0.129. The number of piperazine rings is 1. The highest BCUT2D eigenvalue weighted by Gasteiger charge is 2.14. The molecule has 20 heavy (non-hydrogen) atoms. The highest BCUT2D eigenvalue weighted by atomic mass is 35.5. The molecule has 1 unspecified atom stereocenters. The first-order valence-corrected chi connectivity index (χ1v) is 7.14. The molecule has 0 spiro atoms. The van der Waals surface area contributed by atoms with Gasteiger partial charge < -0.3 is 20.1 Å². The first kappa shape index (κ1) is 19.6. The third kappa shape index (κ3) is 8.71. The quantitative estimate of drug-likeness (QED) is 0.581. The Hall–Kier alpha value is -0.400. The second-order valence-electron chi connectivity index (χ2n) is 4.59. The Bertz CT molecular complexity index is 251. The molecule has 1 fully saturated rings. The number of carbonyl (C=O) groups excluding carboxylic acids is 1. The van der Waals surface area contributed by atoms with Crippen LogP contribution in [0.5, 0.6) is 0 Å². The summed E-state index contributed by atoms with van der Waals surface area (Å²) in [6, 6.07) is 0. The number of hydrogen-bond donors (Lipinski definition) is 2. The summed E-state index contributed by atoms with van der Waals surface area (Å²) in [4.78, 5) is 14.1. The molecule has 0 aromatic carbocycles. The molecule has 7 heteroatoms. The zero-order valence-electron chi connectivity index (χ0n) is 12.5.